The Morgan fingerprint density at radius 3 is 2.32 bits per heavy atom. The first kappa shape index (κ1) is 17.0. The van der Waals surface area contributed by atoms with E-state index in [-0.39, 0.29) is 6.79 Å². The van der Waals surface area contributed by atoms with Gasteiger partial charge in [0.15, 0.2) is 35.7 Å². The smallest absolute Gasteiger partial charge is 0.231 e. The van der Waals surface area contributed by atoms with Crippen LogP contribution in [0.2, 0.25) is 0 Å². The van der Waals surface area contributed by atoms with E-state index in [1.165, 1.54) is 0 Å². The van der Waals surface area contributed by atoms with Gasteiger partial charge in [-0.2, -0.15) is 4.57 Å². The van der Waals surface area contributed by atoms with Crippen molar-refractivity contribution in [3.8, 4) is 40.0 Å². The molecule has 0 fully saturated rings. The van der Waals surface area contributed by atoms with E-state index >= 15 is 0 Å². The Kier molecular flexibility index (Phi) is 3.93. The number of aromatic nitrogens is 1. The van der Waals surface area contributed by atoms with Crippen LogP contribution in [0.1, 0.15) is 6.92 Å². The first-order valence-corrected chi connectivity index (χ1v) is 9.32. The Morgan fingerprint density at radius 2 is 1.57 bits per heavy atom. The van der Waals surface area contributed by atoms with Crippen molar-refractivity contribution in [1.82, 2.24) is 0 Å². The molecule has 6 nitrogen and oxygen atoms in total. The van der Waals surface area contributed by atoms with Gasteiger partial charge in [-0.25, -0.2) is 0 Å². The molecule has 2 aliphatic rings. The molecular formula is C22H22NO5+. The lowest BCUT2D eigenvalue weighted by Gasteiger charge is -2.19. The molecule has 3 aromatic rings. The first-order chi connectivity index (χ1) is 13.7. The minimum absolute atomic E-state index is 0.239. The summed E-state index contributed by atoms with van der Waals surface area (Å²) in [5, 5.41) is 2.16. The molecular weight excluding hydrogens is 358 g/mol. The molecule has 1 unspecified atom stereocenters. The van der Waals surface area contributed by atoms with Crippen molar-refractivity contribution in [2.75, 3.05) is 27.6 Å². The van der Waals surface area contributed by atoms with Gasteiger partial charge in [-0.15, -0.1) is 0 Å². The van der Waals surface area contributed by atoms with Gasteiger partial charge in [0.25, 0.3) is 0 Å². The number of methoxy groups -OCH3 is 2. The summed E-state index contributed by atoms with van der Waals surface area (Å²) < 4.78 is 30.5. The summed E-state index contributed by atoms with van der Waals surface area (Å²) in [6, 6.07) is 10.1. The molecule has 5 rings (SSSR count). The predicted molar refractivity (Wildman–Crippen MR) is 103 cm³/mol. The SMILES string of the molecule is COc1cc2cc3[n+](cc2cc1OC)CC(C)COc1cc2c(cc1-3)OCO2. The second-order valence-corrected chi connectivity index (χ2v) is 7.26. The minimum atomic E-state index is 0.239. The number of fused-ring (bicyclic) bond motifs is 5. The highest BCUT2D eigenvalue weighted by atomic mass is 16.7. The second-order valence-electron chi connectivity index (χ2n) is 7.26. The summed E-state index contributed by atoms with van der Waals surface area (Å²) in [6.45, 7) is 3.92. The largest absolute Gasteiger partial charge is 0.493 e. The summed E-state index contributed by atoms with van der Waals surface area (Å²) in [6.07, 6.45) is 2.17. The lowest BCUT2D eigenvalue weighted by atomic mass is 10.0. The molecule has 28 heavy (non-hydrogen) atoms. The van der Waals surface area contributed by atoms with Crippen molar-refractivity contribution in [1.29, 1.82) is 0 Å². The molecule has 2 aliphatic heterocycles. The van der Waals surface area contributed by atoms with Crippen molar-refractivity contribution in [3.05, 3.63) is 36.5 Å². The standard InChI is InChI=1S/C22H22NO5/c1-13-9-23-10-15-6-20(25-3)19(24-2)5-14(15)4-17(23)16-7-21-22(28-12-27-21)8-18(16)26-11-13/h4-8,10,13H,9,11-12H2,1-3H3/q+1. The quantitative estimate of drug-likeness (QED) is 0.636. The van der Waals surface area contributed by atoms with E-state index in [2.05, 4.69) is 23.8 Å². The van der Waals surface area contributed by atoms with Crippen LogP contribution in [0.5, 0.6) is 28.7 Å². The molecule has 0 amide bonds. The first-order valence-electron chi connectivity index (χ1n) is 9.32. The van der Waals surface area contributed by atoms with Gasteiger partial charge in [-0.3, -0.25) is 0 Å². The molecule has 0 N–H and O–H groups in total. The zero-order valence-corrected chi connectivity index (χ0v) is 16.2. The summed E-state index contributed by atoms with van der Waals surface area (Å²) in [4.78, 5) is 0. The Balaban J connectivity index is 1.77. The van der Waals surface area contributed by atoms with Crippen molar-refractivity contribution in [2.24, 2.45) is 5.92 Å². The van der Waals surface area contributed by atoms with Crippen molar-refractivity contribution in [2.45, 2.75) is 13.5 Å². The number of rotatable bonds is 2. The van der Waals surface area contributed by atoms with Crippen LogP contribution in [-0.4, -0.2) is 27.6 Å². The van der Waals surface area contributed by atoms with E-state index in [1.807, 2.05) is 24.3 Å². The minimum Gasteiger partial charge on any atom is -0.493 e. The number of benzene rings is 2. The lowest BCUT2D eigenvalue weighted by Crippen LogP contribution is -2.41. The topological polar surface area (TPSA) is 50.0 Å². The highest BCUT2D eigenvalue weighted by molar-refractivity contribution is 5.88. The van der Waals surface area contributed by atoms with Gasteiger partial charge in [-0.1, -0.05) is 6.92 Å². The number of pyridine rings is 1. The number of hydrogen-bond acceptors (Lipinski definition) is 5. The summed E-state index contributed by atoms with van der Waals surface area (Å²) in [5.41, 5.74) is 2.06. The maximum absolute atomic E-state index is 6.12. The molecule has 3 heterocycles. The normalized spacial score (nSPS) is 17.2. The van der Waals surface area contributed by atoms with E-state index < -0.39 is 0 Å². The highest BCUT2D eigenvalue weighted by Gasteiger charge is 2.28. The summed E-state index contributed by atoms with van der Waals surface area (Å²) >= 11 is 0. The summed E-state index contributed by atoms with van der Waals surface area (Å²) in [7, 11) is 3.31. The van der Waals surface area contributed by atoms with Crippen LogP contribution in [0.15, 0.2) is 36.5 Å². The Labute approximate surface area is 163 Å². The second kappa shape index (κ2) is 6.48. The molecule has 1 atom stereocenters. The van der Waals surface area contributed by atoms with Crippen LogP contribution in [0.3, 0.4) is 0 Å². The fourth-order valence-electron chi connectivity index (χ4n) is 3.86. The molecule has 0 saturated heterocycles. The predicted octanol–water partition coefficient (Wildman–Crippen LogP) is 3.57. The number of ether oxygens (including phenoxy) is 5. The Bertz CT molecular complexity index is 1080. The molecule has 1 aromatic heterocycles. The van der Waals surface area contributed by atoms with Crippen LogP contribution >= 0.6 is 0 Å². The van der Waals surface area contributed by atoms with E-state index in [1.54, 1.807) is 14.2 Å². The summed E-state index contributed by atoms with van der Waals surface area (Å²) in [5.74, 6) is 4.08. The van der Waals surface area contributed by atoms with Crippen LogP contribution in [-0.2, 0) is 6.54 Å². The molecule has 144 valence electrons. The van der Waals surface area contributed by atoms with E-state index in [0.29, 0.717) is 18.3 Å². The zero-order valence-electron chi connectivity index (χ0n) is 16.2. The monoisotopic (exact) mass is 380 g/mol. The van der Waals surface area contributed by atoms with Gasteiger partial charge in [0.1, 0.15) is 5.75 Å². The van der Waals surface area contributed by atoms with Gasteiger partial charge in [0.05, 0.1) is 26.4 Å². The highest BCUT2D eigenvalue weighted by Crippen LogP contribution is 2.43. The van der Waals surface area contributed by atoms with Crippen molar-refractivity contribution >= 4 is 10.8 Å². The average Bonchev–Trinajstić information content (AvgIpc) is 3.16. The average molecular weight is 380 g/mol. The van der Waals surface area contributed by atoms with Gasteiger partial charge in [0.2, 0.25) is 12.5 Å². The molecule has 0 radical (unpaired) electrons. The molecule has 0 bridgehead atoms. The van der Waals surface area contributed by atoms with Crippen LogP contribution < -0.4 is 28.3 Å². The van der Waals surface area contributed by atoms with Gasteiger partial charge in [-0.05, 0) is 17.5 Å². The third-order valence-corrected chi connectivity index (χ3v) is 5.27. The van der Waals surface area contributed by atoms with E-state index in [0.717, 1.165) is 51.6 Å². The van der Waals surface area contributed by atoms with E-state index in [4.69, 9.17) is 23.7 Å². The van der Waals surface area contributed by atoms with Crippen LogP contribution in [0, 0.1) is 5.92 Å². The van der Waals surface area contributed by atoms with E-state index in [9.17, 15) is 0 Å². The third-order valence-electron chi connectivity index (χ3n) is 5.27. The van der Waals surface area contributed by atoms with Gasteiger partial charge in [0, 0.05) is 29.5 Å². The Morgan fingerprint density at radius 1 is 0.857 bits per heavy atom. The maximum atomic E-state index is 6.12. The Hall–Kier alpha value is -3.15. The third kappa shape index (κ3) is 2.68. The molecule has 2 aromatic carbocycles. The fraction of sp³-hybridized carbons (Fsp3) is 0.318. The molecule has 0 aliphatic carbocycles. The fourth-order valence-corrected chi connectivity index (χ4v) is 3.86. The lowest BCUT2D eigenvalue weighted by molar-refractivity contribution is -0.691. The number of nitrogens with zero attached hydrogens (tertiary/aromatic N) is 1. The van der Waals surface area contributed by atoms with Crippen molar-refractivity contribution in [3.63, 3.8) is 0 Å². The molecule has 0 spiro atoms. The molecule has 6 heteroatoms. The maximum Gasteiger partial charge on any atom is 0.231 e. The van der Waals surface area contributed by atoms with Crippen LogP contribution in [0.4, 0.5) is 0 Å². The van der Waals surface area contributed by atoms with Gasteiger partial charge < -0.3 is 23.7 Å². The van der Waals surface area contributed by atoms with Crippen LogP contribution in [0.25, 0.3) is 22.0 Å². The number of hydrogen-bond donors (Lipinski definition) is 0. The van der Waals surface area contributed by atoms with Crippen molar-refractivity contribution < 1.29 is 28.3 Å². The van der Waals surface area contributed by atoms with Gasteiger partial charge >= 0.3 is 0 Å². The molecule has 0 saturated carbocycles. The zero-order chi connectivity index (χ0) is 19.3.